The minimum atomic E-state index is 0.00503. The Morgan fingerprint density at radius 3 is 2.56 bits per heavy atom. The summed E-state index contributed by atoms with van der Waals surface area (Å²) in [5, 5.41) is 7.88. The average molecular weight is 449 g/mol. The molecule has 1 N–H and O–H groups in total. The monoisotopic (exact) mass is 448 g/mol. The molecule has 0 unspecified atom stereocenters. The van der Waals surface area contributed by atoms with Crippen molar-refractivity contribution in [2.45, 2.75) is 45.2 Å². The van der Waals surface area contributed by atoms with Gasteiger partial charge in [0, 0.05) is 36.8 Å². The molecule has 32 heavy (non-hydrogen) atoms. The van der Waals surface area contributed by atoms with Crippen LogP contribution in [0.3, 0.4) is 0 Å². The molecule has 7 nitrogen and oxygen atoms in total. The lowest BCUT2D eigenvalue weighted by atomic mass is 9.96. The number of carbonyl (C=O) groups is 1. The standard InChI is InChI=1S/C24H28N6OS/c1-17-9-12-25-21(15-17)26-23(31)19-10-13-28(14-11-19)16-29-24(32)30(20-5-3-2-4-6-20)22(27-29)18-7-8-18/h2-6,9,12,15,18-19H,7-8,10-11,13-14,16H2,1H3,(H,25,26,31). The summed E-state index contributed by atoms with van der Waals surface area (Å²) in [7, 11) is 0. The van der Waals surface area contributed by atoms with Crippen LogP contribution >= 0.6 is 12.2 Å². The molecular formula is C24H28N6OS. The molecular weight excluding hydrogens is 420 g/mol. The van der Waals surface area contributed by atoms with E-state index >= 15 is 0 Å². The number of pyridine rings is 1. The van der Waals surface area contributed by atoms with Crippen molar-refractivity contribution in [2.75, 3.05) is 18.4 Å². The number of para-hydroxylation sites is 1. The van der Waals surface area contributed by atoms with Gasteiger partial charge in [0.15, 0.2) is 0 Å². The molecule has 1 amide bonds. The van der Waals surface area contributed by atoms with Gasteiger partial charge in [0.05, 0.1) is 6.67 Å². The van der Waals surface area contributed by atoms with Crippen molar-refractivity contribution in [1.29, 1.82) is 0 Å². The second-order valence-electron chi connectivity index (χ2n) is 8.83. The van der Waals surface area contributed by atoms with E-state index in [0.717, 1.165) is 47.8 Å². The fourth-order valence-electron chi connectivity index (χ4n) is 4.30. The highest BCUT2D eigenvalue weighted by Crippen LogP contribution is 2.40. The summed E-state index contributed by atoms with van der Waals surface area (Å²) in [6.07, 6.45) is 5.71. The van der Waals surface area contributed by atoms with E-state index in [-0.39, 0.29) is 11.8 Å². The smallest absolute Gasteiger partial charge is 0.228 e. The molecule has 0 spiro atoms. The second-order valence-corrected chi connectivity index (χ2v) is 9.19. The first-order chi connectivity index (χ1) is 15.6. The van der Waals surface area contributed by atoms with Crippen molar-refractivity contribution in [3.63, 3.8) is 0 Å². The van der Waals surface area contributed by atoms with Crippen molar-refractivity contribution in [3.05, 3.63) is 64.8 Å². The fraction of sp³-hybridized carbons (Fsp3) is 0.417. The Morgan fingerprint density at radius 2 is 1.88 bits per heavy atom. The van der Waals surface area contributed by atoms with Crippen molar-refractivity contribution < 1.29 is 4.79 Å². The number of hydrogen-bond acceptors (Lipinski definition) is 5. The van der Waals surface area contributed by atoms with Gasteiger partial charge in [-0.1, -0.05) is 18.2 Å². The number of carbonyl (C=O) groups excluding carboxylic acids is 1. The summed E-state index contributed by atoms with van der Waals surface area (Å²) in [5.41, 5.74) is 2.16. The Bertz CT molecular complexity index is 1160. The van der Waals surface area contributed by atoms with Crippen LogP contribution in [0.2, 0.25) is 0 Å². The van der Waals surface area contributed by atoms with Crippen LogP contribution in [0.25, 0.3) is 5.69 Å². The van der Waals surface area contributed by atoms with E-state index in [1.54, 1.807) is 6.20 Å². The maximum Gasteiger partial charge on any atom is 0.228 e. The number of rotatable bonds is 6. The van der Waals surface area contributed by atoms with Gasteiger partial charge in [-0.05, 0) is 74.7 Å². The van der Waals surface area contributed by atoms with Crippen molar-refractivity contribution in [1.82, 2.24) is 24.2 Å². The van der Waals surface area contributed by atoms with Gasteiger partial charge in [-0.3, -0.25) is 14.3 Å². The maximum absolute atomic E-state index is 12.7. The Balaban J connectivity index is 1.24. The third-order valence-corrected chi connectivity index (χ3v) is 6.67. The minimum absolute atomic E-state index is 0.00503. The quantitative estimate of drug-likeness (QED) is 0.570. The van der Waals surface area contributed by atoms with Crippen molar-refractivity contribution in [3.8, 4) is 5.69 Å². The normalized spacial score (nSPS) is 17.4. The average Bonchev–Trinajstić information content (AvgIpc) is 3.59. The highest BCUT2D eigenvalue weighted by molar-refractivity contribution is 7.71. The molecule has 2 aliphatic rings. The topological polar surface area (TPSA) is 68.0 Å². The molecule has 2 fully saturated rings. The van der Waals surface area contributed by atoms with Gasteiger partial charge in [-0.15, -0.1) is 0 Å². The molecule has 1 aliphatic carbocycles. The number of hydrogen-bond donors (Lipinski definition) is 1. The minimum Gasteiger partial charge on any atom is -0.310 e. The number of nitrogens with zero attached hydrogens (tertiary/aromatic N) is 5. The molecule has 0 atom stereocenters. The Kier molecular flexibility index (Phi) is 5.89. The molecule has 8 heteroatoms. The number of anilines is 1. The maximum atomic E-state index is 12.7. The molecule has 1 aliphatic heterocycles. The second kappa shape index (κ2) is 8.96. The van der Waals surface area contributed by atoms with Crippen LogP contribution in [0.15, 0.2) is 48.7 Å². The van der Waals surface area contributed by atoms with E-state index in [1.807, 2.05) is 41.9 Å². The molecule has 1 saturated heterocycles. The zero-order chi connectivity index (χ0) is 22.1. The first-order valence-corrected chi connectivity index (χ1v) is 11.7. The van der Waals surface area contributed by atoms with E-state index in [0.29, 0.717) is 18.4 Å². The molecule has 166 valence electrons. The zero-order valence-corrected chi connectivity index (χ0v) is 19.1. The molecule has 5 rings (SSSR count). The summed E-state index contributed by atoms with van der Waals surface area (Å²) in [6, 6.07) is 14.1. The van der Waals surface area contributed by atoms with Crippen molar-refractivity contribution >= 4 is 23.9 Å². The van der Waals surface area contributed by atoms with Crippen LogP contribution in [0.5, 0.6) is 0 Å². The van der Waals surface area contributed by atoms with E-state index in [2.05, 4.69) is 31.9 Å². The number of amides is 1. The molecule has 3 aromatic rings. The third kappa shape index (κ3) is 4.52. The van der Waals surface area contributed by atoms with Crippen LogP contribution in [0, 0.1) is 17.6 Å². The SMILES string of the molecule is Cc1ccnc(NC(=O)C2CCN(Cn3nc(C4CC4)n(-c4ccccc4)c3=S)CC2)c1. The molecule has 2 aromatic heterocycles. The van der Waals surface area contributed by atoms with Gasteiger partial charge in [0.1, 0.15) is 11.6 Å². The van der Waals surface area contributed by atoms with Crippen LogP contribution in [-0.2, 0) is 11.5 Å². The zero-order valence-electron chi connectivity index (χ0n) is 18.3. The van der Waals surface area contributed by atoms with E-state index in [9.17, 15) is 4.79 Å². The molecule has 3 heterocycles. The number of piperidine rings is 1. The Labute approximate surface area is 193 Å². The Hall–Kier alpha value is -2.84. The predicted octanol–water partition coefficient (Wildman–Crippen LogP) is 4.29. The van der Waals surface area contributed by atoms with Gasteiger partial charge < -0.3 is 5.32 Å². The van der Waals surface area contributed by atoms with Crippen LogP contribution in [0.1, 0.15) is 43.0 Å². The van der Waals surface area contributed by atoms with E-state index in [4.69, 9.17) is 17.3 Å². The fourth-order valence-corrected chi connectivity index (χ4v) is 4.60. The van der Waals surface area contributed by atoms with Gasteiger partial charge in [-0.25, -0.2) is 9.67 Å². The van der Waals surface area contributed by atoms with Gasteiger partial charge >= 0.3 is 0 Å². The first kappa shape index (κ1) is 21.0. The summed E-state index contributed by atoms with van der Waals surface area (Å²) in [4.78, 5) is 19.3. The largest absolute Gasteiger partial charge is 0.310 e. The third-order valence-electron chi connectivity index (χ3n) is 6.28. The number of nitrogens with one attached hydrogen (secondary N) is 1. The summed E-state index contributed by atoms with van der Waals surface area (Å²) >= 11 is 5.82. The van der Waals surface area contributed by atoms with Crippen LogP contribution in [0.4, 0.5) is 5.82 Å². The van der Waals surface area contributed by atoms with Crippen LogP contribution in [-0.4, -0.2) is 43.2 Å². The number of likely N-dealkylation sites (tertiary alicyclic amines) is 1. The predicted molar refractivity (Wildman–Crippen MR) is 126 cm³/mol. The highest BCUT2D eigenvalue weighted by Gasteiger charge is 2.31. The summed E-state index contributed by atoms with van der Waals surface area (Å²) in [5.74, 6) is 2.26. The summed E-state index contributed by atoms with van der Waals surface area (Å²) < 4.78 is 4.82. The number of benzene rings is 1. The number of aryl methyl sites for hydroxylation is 1. The van der Waals surface area contributed by atoms with Gasteiger partial charge in [0.25, 0.3) is 0 Å². The molecule has 1 aromatic carbocycles. The van der Waals surface area contributed by atoms with Gasteiger partial charge in [0.2, 0.25) is 10.7 Å². The lowest BCUT2D eigenvalue weighted by Gasteiger charge is -2.30. The lowest BCUT2D eigenvalue weighted by Crippen LogP contribution is -2.39. The number of aromatic nitrogens is 4. The highest BCUT2D eigenvalue weighted by atomic mass is 32.1. The van der Waals surface area contributed by atoms with Crippen molar-refractivity contribution in [2.24, 2.45) is 5.92 Å². The van der Waals surface area contributed by atoms with E-state index < -0.39 is 0 Å². The van der Waals surface area contributed by atoms with Crippen LogP contribution < -0.4 is 5.32 Å². The van der Waals surface area contributed by atoms with Gasteiger partial charge in [-0.2, -0.15) is 5.10 Å². The first-order valence-electron chi connectivity index (χ1n) is 11.3. The molecule has 0 radical (unpaired) electrons. The molecule has 1 saturated carbocycles. The molecule has 0 bridgehead atoms. The lowest BCUT2D eigenvalue weighted by molar-refractivity contribution is -0.121. The van der Waals surface area contributed by atoms with E-state index in [1.165, 1.54) is 12.8 Å². The Morgan fingerprint density at radius 1 is 1.12 bits per heavy atom. The summed E-state index contributed by atoms with van der Waals surface area (Å²) in [6.45, 7) is 4.34.